The lowest BCUT2D eigenvalue weighted by molar-refractivity contribution is 0.0947. The summed E-state index contributed by atoms with van der Waals surface area (Å²) >= 11 is 0. The number of carbonyl (C=O) groups is 1. The maximum absolute atomic E-state index is 13.1. The number of hydrogen-bond donors (Lipinski definition) is 1. The van der Waals surface area contributed by atoms with Crippen LogP contribution in [0.5, 0.6) is 0 Å². The Hall–Kier alpha value is -3.58. The van der Waals surface area contributed by atoms with E-state index in [1.807, 2.05) is 49.4 Å². The van der Waals surface area contributed by atoms with Crippen molar-refractivity contribution in [3.05, 3.63) is 78.3 Å². The van der Waals surface area contributed by atoms with E-state index in [0.29, 0.717) is 17.9 Å². The van der Waals surface area contributed by atoms with Crippen LogP contribution in [-0.2, 0) is 6.54 Å². The first kappa shape index (κ1) is 30.0. The third-order valence-electron chi connectivity index (χ3n) is 6.68. The minimum Gasteiger partial charge on any atom is -0.300 e. The number of benzene rings is 1. The van der Waals surface area contributed by atoms with Gasteiger partial charge in [-0.05, 0) is 30.5 Å². The topological polar surface area (TPSA) is 91.6 Å². The molecule has 0 spiro atoms. The molecule has 0 unspecified atom stereocenters. The van der Waals surface area contributed by atoms with Gasteiger partial charge in [0, 0.05) is 82.8 Å². The van der Waals surface area contributed by atoms with Gasteiger partial charge in [0.25, 0.3) is 5.91 Å². The van der Waals surface area contributed by atoms with Gasteiger partial charge in [0.2, 0.25) is 5.82 Å². The van der Waals surface area contributed by atoms with Gasteiger partial charge in [-0.25, -0.2) is 4.98 Å². The lowest BCUT2D eigenvalue weighted by Crippen LogP contribution is -2.48. The smallest absolute Gasteiger partial charge is 0.269 e. The van der Waals surface area contributed by atoms with E-state index in [1.165, 1.54) is 5.56 Å². The summed E-state index contributed by atoms with van der Waals surface area (Å²) in [4.78, 5) is 28.8. The third kappa shape index (κ3) is 9.29. The van der Waals surface area contributed by atoms with Crippen molar-refractivity contribution in [3.63, 3.8) is 0 Å². The number of piperazine rings is 1. The second kappa shape index (κ2) is 15.1. The van der Waals surface area contributed by atoms with Gasteiger partial charge < -0.3 is 0 Å². The summed E-state index contributed by atoms with van der Waals surface area (Å²) in [6, 6.07) is 9.77. The molecule has 0 atom stereocenters. The van der Waals surface area contributed by atoms with E-state index >= 15 is 0 Å². The number of carbonyl (C=O) groups excluding carboxylic acids is 1. The number of nitrogens with one attached hydrogen (secondary N) is 1. The average molecular weight is 531 g/mol. The first-order chi connectivity index (χ1) is 18.8. The lowest BCUT2D eigenvalue weighted by Gasteiger charge is -2.35. The van der Waals surface area contributed by atoms with Crippen LogP contribution in [0.4, 0.5) is 5.82 Å². The zero-order valence-corrected chi connectivity index (χ0v) is 23.6. The molecule has 0 saturated carbocycles. The molecule has 1 saturated heterocycles. The quantitative estimate of drug-likeness (QED) is 0.294. The molecule has 1 aromatic heterocycles. The van der Waals surface area contributed by atoms with Crippen molar-refractivity contribution in [2.75, 3.05) is 63.9 Å². The Labute approximate surface area is 233 Å². The SMILES string of the molecule is C=CCN(CC=C)CCN1CCN(Cc2ccc(C(=O)NN(CC(C)C)c3nc(C#N)ncc3C)cc2)CC1. The summed E-state index contributed by atoms with van der Waals surface area (Å²) in [5.41, 5.74) is 5.53. The lowest BCUT2D eigenvalue weighted by atomic mass is 10.1. The first-order valence-electron chi connectivity index (χ1n) is 13.6. The molecule has 0 radical (unpaired) electrons. The van der Waals surface area contributed by atoms with Gasteiger partial charge in [0.15, 0.2) is 5.82 Å². The van der Waals surface area contributed by atoms with Crippen molar-refractivity contribution in [2.24, 2.45) is 5.92 Å². The highest BCUT2D eigenvalue weighted by molar-refractivity contribution is 5.95. The summed E-state index contributed by atoms with van der Waals surface area (Å²) in [6.07, 6.45) is 5.50. The Bertz CT molecular complexity index is 1120. The molecule has 9 nitrogen and oxygen atoms in total. The average Bonchev–Trinajstić information content (AvgIpc) is 2.93. The fraction of sp³-hybridized carbons (Fsp3) is 0.467. The largest absolute Gasteiger partial charge is 0.300 e. The summed E-state index contributed by atoms with van der Waals surface area (Å²) in [6.45, 7) is 23.1. The van der Waals surface area contributed by atoms with Crippen LogP contribution in [0.2, 0.25) is 0 Å². The van der Waals surface area contributed by atoms with Crippen molar-refractivity contribution in [2.45, 2.75) is 27.3 Å². The van der Waals surface area contributed by atoms with Gasteiger partial charge in [0.1, 0.15) is 6.07 Å². The van der Waals surface area contributed by atoms with E-state index in [0.717, 1.165) is 64.5 Å². The molecule has 39 heavy (non-hydrogen) atoms. The number of rotatable bonds is 14. The van der Waals surface area contributed by atoms with Crippen LogP contribution < -0.4 is 10.4 Å². The van der Waals surface area contributed by atoms with Crippen LogP contribution in [-0.4, -0.2) is 89.5 Å². The van der Waals surface area contributed by atoms with E-state index in [1.54, 1.807) is 11.2 Å². The van der Waals surface area contributed by atoms with E-state index in [-0.39, 0.29) is 17.6 Å². The second-order valence-corrected chi connectivity index (χ2v) is 10.4. The number of hydrazine groups is 1. The molecule has 1 amide bonds. The van der Waals surface area contributed by atoms with Crippen molar-refractivity contribution in [3.8, 4) is 6.07 Å². The number of amides is 1. The van der Waals surface area contributed by atoms with Crippen LogP contribution in [0.15, 0.2) is 55.8 Å². The number of aromatic nitrogens is 2. The van der Waals surface area contributed by atoms with Gasteiger partial charge in [-0.15, -0.1) is 13.2 Å². The Balaban J connectivity index is 1.53. The number of hydrogen-bond acceptors (Lipinski definition) is 8. The van der Waals surface area contributed by atoms with Crippen LogP contribution in [0.25, 0.3) is 0 Å². The Morgan fingerprint density at radius 3 is 2.36 bits per heavy atom. The molecule has 2 aromatic rings. The molecule has 1 aliphatic heterocycles. The van der Waals surface area contributed by atoms with Gasteiger partial charge in [0.05, 0.1) is 0 Å². The zero-order chi connectivity index (χ0) is 28.2. The van der Waals surface area contributed by atoms with E-state index in [4.69, 9.17) is 0 Å². The Morgan fingerprint density at radius 2 is 1.77 bits per heavy atom. The molecule has 1 aromatic carbocycles. The van der Waals surface area contributed by atoms with Gasteiger partial charge in [-0.3, -0.25) is 29.9 Å². The predicted octanol–water partition coefficient (Wildman–Crippen LogP) is 3.26. The van der Waals surface area contributed by atoms with Crippen molar-refractivity contribution >= 4 is 11.7 Å². The molecule has 1 fully saturated rings. The minimum atomic E-state index is -0.214. The predicted molar refractivity (Wildman–Crippen MR) is 156 cm³/mol. The van der Waals surface area contributed by atoms with Gasteiger partial charge in [-0.2, -0.15) is 10.2 Å². The molecular formula is C30H42N8O. The van der Waals surface area contributed by atoms with Crippen LogP contribution >= 0.6 is 0 Å². The van der Waals surface area contributed by atoms with Crippen molar-refractivity contribution < 1.29 is 4.79 Å². The Morgan fingerprint density at radius 1 is 1.13 bits per heavy atom. The molecule has 0 bridgehead atoms. The number of aryl methyl sites for hydroxylation is 1. The zero-order valence-electron chi connectivity index (χ0n) is 23.6. The highest BCUT2D eigenvalue weighted by Gasteiger charge is 2.19. The molecule has 3 rings (SSSR count). The van der Waals surface area contributed by atoms with Crippen molar-refractivity contribution in [1.82, 2.24) is 30.1 Å². The highest BCUT2D eigenvalue weighted by atomic mass is 16.2. The first-order valence-corrected chi connectivity index (χ1v) is 13.6. The monoisotopic (exact) mass is 530 g/mol. The van der Waals surface area contributed by atoms with Crippen LogP contribution in [0, 0.1) is 24.2 Å². The fourth-order valence-electron chi connectivity index (χ4n) is 4.59. The molecule has 0 aliphatic carbocycles. The minimum absolute atomic E-state index is 0.0751. The standard InChI is InChI=1S/C30H42N8O/c1-6-12-35(13-7-2)14-15-36-16-18-37(19-17-36)23-26-8-10-27(11-9-26)30(39)34-38(22-24(3)4)29-25(5)21-32-28(20-31)33-29/h6-11,21,24H,1-2,12-19,22-23H2,3-5H3,(H,34,39). The number of nitriles is 1. The maximum atomic E-state index is 13.1. The third-order valence-corrected chi connectivity index (χ3v) is 6.68. The summed E-state index contributed by atoms with van der Waals surface area (Å²) < 4.78 is 0. The summed E-state index contributed by atoms with van der Waals surface area (Å²) in [7, 11) is 0. The fourth-order valence-corrected chi connectivity index (χ4v) is 4.59. The van der Waals surface area contributed by atoms with Gasteiger partial charge >= 0.3 is 0 Å². The molecule has 2 heterocycles. The summed E-state index contributed by atoms with van der Waals surface area (Å²) in [5, 5.41) is 10.9. The number of nitrogens with zero attached hydrogens (tertiary/aromatic N) is 7. The number of anilines is 1. The van der Waals surface area contributed by atoms with E-state index < -0.39 is 0 Å². The van der Waals surface area contributed by atoms with Gasteiger partial charge in [-0.1, -0.05) is 38.1 Å². The molecule has 1 N–H and O–H groups in total. The van der Waals surface area contributed by atoms with Crippen molar-refractivity contribution in [1.29, 1.82) is 5.26 Å². The molecular weight excluding hydrogens is 488 g/mol. The van der Waals surface area contributed by atoms with E-state index in [9.17, 15) is 10.1 Å². The normalized spacial score (nSPS) is 14.3. The summed E-state index contributed by atoms with van der Waals surface area (Å²) in [5.74, 6) is 0.667. The molecule has 1 aliphatic rings. The van der Waals surface area contributed by atoms with Crippen LogP contribution in [0.1, 0.15) is 41.2 Å². The second-order valence-electron chi connectivity index (χ2n) is 10.4. The Kier molecular flexibility index (Phi) is 11.6. The van der Waals surface area contributed by atoms with E-state index in [2.05, 4.69) is 57.1 Å². The van der Waals surface area contributed by atoms with Crippen LogP contribution in [0.3, 0.4) is 0 Å². The maximum Gasteiger partial charge on any atom is 0.269 e. The molecule has 9 heteroatoms. The molecule has 208 valence electrons. The highest BCUT2D eigenvalue weighted by Crippen LogP contribution is 2.17.